The van der Waals surface area contributed by atoms with Crippen LogP contribution in [0.5, 0.6) is 0 Å². The van der Waals surface area contributed by atoms with Crippen molar-refractivity contribution in [3.05, 3.63) is 0 Å². The van der Waals surface area contributed by atoms with Gasteiger partial charge in [0.1, 0.15) is 5.54 Å². The van der Waals surface area contributed by atoms with Crippen LogP contribution in [0, 0.1) is 0 Å². The fourth-order valence-corrected chi connectivity index (χ4v) is 3.01. The smallest absolute Gasteiger partial charge is 0.325 e. The monoisotopic (exact) mass is 346 g/mol. The van der Waals surface area contributed by atoms with Crippen molar-refractivity contribution >= 4 is 30.3 Å². The summed E-state index contributed by atoms with van der Waals surface area (Å²) in [6.45, 7) is 5.20. The van der Waals surface area contributed by atoms with Crippen LogP contribution < -0.4 is 10.6 Å². The predicted octanol–water partition coefficient (Wildman–Crippen LogP) is 0.729. The van der Waals surface area contributed by atoms with E-state index in [0.717, 1.165) is 25.9 Å². The van der Waals surface area contributed by atoms with Crippen LogP contribution in [0.15, 0.2) is 0 Å². The van der Waals surface area contributed by atoms with Crippen molar-refractivity contribution in [2.45, 2.75) is 51.1 Å². The third kappa shape index (κ3) is 4.57. The zero-order valence-corrected chi connectivity index (χ0v) is 14.9. The molecule has 2 saturated heterocycles. The Labute approximate surface area is 143 Å². The summed E-state index contributed by atoms with van der Waals surface area (Å²) in [6.07, 6.45) is 2.99. The molecule has 2 N–H and O–H groups in total. The van der Waals surface area contributed by atoms with Crippen molar-refractivity contribution < 1.29 is 14.4 Å². The van der Waals surface area contributed by atoms with E-state index in [1.807, 2.05) is 11.9 Å². The Kier molecular flexibility index (Phi) is 6.83. The molecule has 23 heavy (non-hydrogen) atoms. The zero-order valence-electron chi connectivity index (χ0n) is 14.1. The number of rotatable bonds is 5. The van der Waals surface area contributed by atoms with Gasteiger partial charge in [0, 0.05) is 32.1 Å². The second-order valence-corrected chi connectivity index (χ2v) is 6.58. The highest BCUT2D eigenvalue weighted by atomic mass is 35.5. The standard InChI is InChI=1S/C15H26N4O3.ClH/c1-15(2)13(21)19(14(22)17-15)9-5-7-12(20)18-8-4-6-11(10-18)16-3;/h11,16H,4-10H2,1-3H3,(H,17,22);1H. The molecule has 0 spiro atoms. The van der Waals surface area contributed by atoms with Crippen LogP contribution in [0.25, 0.3) is 0 Å². The Bertz CT molecular complexity index is 470. The normalized spacial score (nSPS) is 23.5. The van der Waals surface area contributed by atoms with Gasteiger partial charge in [-0.3, -0.25) is 14.5 Å². The first-order valence-electron chi connectivity index (χ1n) is 7.94. The number of hydrogen-bond acceptors (Lipinski definition) is 4. The molecule has 0 saturated carbocycles. The second kappa shape index (κ2) is 7.97. The van der Waals surface area contributed by atoms with Crippen LogP contribution in [0.1, 0.15) is 39.5 Å². The molecule has 1 unspecified atom stereocenters. The molecule has 7 nitrogen and oxygen atoms in total. The minimum absolute atomic E-state index is 0. The average Bonchev–Trinajstić information content (AvgIpc) is 2.68. The summed E-state index contributed by atoms with van der Waals surface area (Å²) < 4.78 is 0. The van der Waals surface area contributed by atoms with Crippen molar-refractivity contribution in [2.24, 2.45) is 0 Å². The molecule has 2 aliphatic heterocycles. The number of carbonyl (C=O) groups excluding carboxylic acids is 3. The number of likely N-dealkylation sites (tertiary alicyclic amines) is 1. The molecule has 2 fully saturated rings. The second-order valence-electron chi connectivity index (χ2n) is 6.58. The number of carbonyl (C=O) groups is 3. The van der Waals surface area contributed by atoms with Crippen LogP contribution in [0.2, 0.25) is 0 Å². The number of imide groups is 1. The number of piperidine rings is 1. The van der Waals surface area contributed by atoms with E-state index < -0.39 is 5.54 Å². The van der Waals surface area contributed by atoms with Crippen LogP contribution in [0.3, 0.4) is 0 Å². The topological polar surface area (TPSA) is 81.8 Å². The highest BCUT2D eigenvalue weighted by Gasteiger charge is 2.43. The molecular formula is C15H27ClN4O3. The van der Waals surface area contributed by atoms with E-state index in [1.54, 1.807) is 13.8 Å². The number of nitrogens with one attached hydrogen (secondary N) is 2. The minimum atomic E-state index is -0.839. The van der Waals surface area contributed by atoms with E-state index >= 15 is 0 Å². The molecule has 1 atom stereocenters. The summed E-state index contributed by atoms with van der Waals surface area (Å²) in [5.74, 6) is -0.121. The molecule has 0 aromatic carbocycles. The lowest BCUT2D eigenvalue weighted by atomic mass is 10.1. The largest absolute Gasteiger partial charge is 0.341 e. The lowest BCUT2D eigenvalue weighted by Gasteiger charge is -2.32. The first-order chi connectivity index (χ1) is 10.3. The summed E-state index contributed by atoms with van der Waals surface area (Å²) in [5, 5.41) is 5.85. The highest BCUT2D eigenvalue weighted by molar-refractivity contribution is 6.06. The van der Waals surface area contributed by atoms with Gasteiger partial charge in [0.25, 0.3) is 5.91 Å². The molecule has 132 valence electrons. The van der Waals surface area contributed by atoms with Gasteiger partial charge < -0.3 is 15.5 Å². The number of halogens is 1. The van der Waals surface area contributed by atoms with Crippen molar-refractivity contribution in [1.29, 1.82) is 0 Å². The summed E-state index contributed by atoms with van der Waals surface area (Å²) in [5.41, 5.74) is -0.839. The SMILES string of the molecule is CNC1CCCN(C(=O)CCCN2C(=O)NC(C)(C)C2=O)C1.Cl. The minimum Gasteiger partial charge on any atom is -0.341 e. The maximum absolute atomic E-state index is 12.2. The fraction of sp³-hybridized carbons (Fsp3) is 0.800. The van der Waals surface area contributed by atoms with E-state index in [4.69, 9.17) is 0 Å². The zero-order chi connectivity index (χ0) is 16.3. The summed E-state index contributed by atoms with van der Waals surface area (Å²) in [7, 11) is 1.91. The van der Waals surface area contributed by atoms with Gasteiger partial charge in [-0.25, -0.2) is 4.79 Å². The maximum Gasteiger partial charge on any atom is 0.325 e. The van der Waals surface area contributed by atoms with E-state index in [-0.39, 0.29) is 30.3 Å². The number of hydrogen-bond donors (Lipinski definition) is 2. The highest BCUT2D eigenvalue weighted by Crippen LogP contribution is 2.17. The summed E-state index contributed by atoms with van der Waals surface area (Å²) in [4.78, 5) is 39.1. The third-order valence-electron chi connectivity index (χ3n) is 4.40. The Hall–Kier alpha value is -1.34. The number of urea groups is 1. The van der Waals surface area contributed by atoms with Gasteiger partial charge in [-0.1, -0.05) is 0 Å². The van der Waals surface area contributed by atoms with Gasteiger partial charge in [0.05, 0.1) is 0 Å². The average molecular weight is 347 g/mol. The Morgan fingerprint density at radius 3 is 2.65 bits per heavy atom. The Morgan fingerprint density at radius 1 is 1.39 bits per heavy atom. The Balaban J connectivity index is 0.00000264. The van der Waals surface area contributed by atoms with Crippen LogP contribution in [-0.4, -0.2) is 65.9 Å². The van der Waals surface area contributed by atoms with Crippen molar-refractivity contribution in [3.63, 3.8) is 0 Å². The maximum atomic E-state index is 12.2. The quantitative estimate of drug-likeness (QED) is 0.719. The van der Waals surface area contributed by atoms with Gasteiger partial charge in [-0.2, -0.15) is 0 Å². The van der Waals surface area contributed by atoms with Gasteiger partial charge in [0.2, 0.25) is 5.91 Å². The van der Waals surface area contributed by atoms with Crippen molar-refractivity contribution in [3.8, 4) is 0 Å². The van der Waals surface area contributed by atoms with Gasteiger partial charge >= 0.3 is 6.03 Å². The molecular weight excluding hydrogens is 320 g/mol. The van der Waals surface area contributed by atoms with Crippen molar-refractivity contribution in [2.75, 3.05) is 26.7 Å². The Morgan fingerprint density at radius 2 is 2.09 bits per heavy atom. The fourth-order valence-electron chi connectivity index (χ4n) is 3.01. The van der Waals surface area contributed by atoms with E-state index in [0.29, 0.717) is 25.4 Å². The van der Waals surface area contributed by atoms with Gasteiger partial charge in [-0.05, 0) is 40.2 Å². The molecule has 0 aromatic rings. The number of nitrogens with zero attached hydrogens (tertiary/aromatic N) is 2. The molecule has 4 amide bonds. The van der Waals surface area contributed by atoms with Gasteiger partial charge in [-0.15, -0.1) is 12.4 Å². The van der Waals surface area contributed by atoms with E-state index in [9.17, 15) is 14.4 Å². The van der Waals surface area contributed by atoms with E-state index in [1.165, 1.54) is 4.90 Å². The van der Waals surface area contributed by atoms with E-state index in [2.05, 4.69) is 10.6 Å². The molecule has 2 heterocycles. The molecule has 0 aromatic heterocycles. The predicted molar refractivity (Wildman–Crippen MR) is 89.5 cm³/mol. The third-order valence-corrected chi connectivity index (χ3v) is 4.40. The molecule has 2 rings (SSSR count). The molecule has 0 bridgehead atoms. The molecule has 0 aliphatic carbocycles. The lowest BCUT2D eigenvalue weighted by Crippen LogP contribution is -2.47. The summed E-state index contributed by atoms with van der Waals surface area (Å²) >= 11 is 0. The molecule has 8 heteroatoms. The first kappa shape index (κ1) is 19.7. The lowest BCUT2D eigenvalue weighted by molar-refractivity contribution is -0.134. The van der Waals surface area contributed by atoms with Crippen LogP contribution >= 0.6 is 12.4 Å². The summed E-state index contributed by atoms with van der Waals surface area (Å²) in [6, 6.07) is 0.0000975. The molecule has 2 aliphatic rings. The van der Waals surface area contributed by atoms with Gasteiger partial charge in [0.15, 0.2) is 0 Å². The van der Waals surface area contributed by atoms with Crippen LogP contribution in [-0.2, 0) is 9.59 Å². The molecule has 0 radical (unpaired) electrons. The number of likely N-dealkylation sites (N-methyl/N-ethyl adjacent to an activating group) is 1. The number of amides is 4. The van der Waals surface area contributed by atoms with Crippen molar-refractivity contribution in [1.82, 2.24) is 20.4 Å². The first-order valence-corrected chi connectivity index (χ1v) is 7.94. The van der Waals surface area contributed by atoms with Crippen LogP contribution in [0.4, 0.5) is 4.79 Å².